The van der Waals surface area contributed by atoms with E-state index in [4.69, 9.17) is 4.74 Å². The minimum atomic E-state index is -0.620. The highest BCUT2D eigenvalue weighted by Gasteiger charge is 2.46. The van der Waals surface area contributed by atoms with Gasteiger partial charge in [0.25, 0.3) is 5.91 Å². The molecule has 0 radical (unpaired) electrons. The van der Waals surface area contributed by atoms with Crippen molar-refractivity contribution in [1.82, 2.24) is 25.1 Å². The van der Waals surface area contributed by atoms with Gasteiger partial charge in [0.2, 0.25) is 5.91 Å². The number of nitrogens with one attached hydrogen (secondary N) is 2. The van der Waals surface area contributed by atoms with Crippen LogP contribution >= 0.6 is 11.3 Å². The van der Waals surface area contributed by atoms with Crippen molar-refractivity contribution in [3.8, 4) is 17.5 Å². The second-order valence-corrected chi connectivity index (χ2v) is 11.5. The summed E-state index contributed by atoms with van der Waals surface area (Å²) in [6.07, 6.45) is 7.48. The van der Waals surface area contributed by atoms with Gasteiger partial charge in [-0.3, -0.25) is 19.3 Å². The Hall–Kier alpha value is -3.62. The molecule has 1 aliphatic rings. The van der Waals surface area contributed by atoms with Crippen LogP contribution in [-0.2, 0) is 15.1 Å². The molecule has 4 rings (SSSR count). The highest BCUT2D eigenvalue weighted by atomic mass is 32.1. The second-order valence-electron chi connectivity index (χ2n) is 10.6. The van der Waals surface area contributed by atoms with Crippen LogP contribution in [0.5, 0.6) is 0 Å². The number of hydrogen-bond acceptors (Lipinski definition) is 8. The van der Waals surface area contributed by atoms with E-state index < -0.39 is 17.4 Å². The van der Waals surface area contributed by atoms with E-state index in [0.29, 0.717) is 23.0 Å². The molecule has 2 amide bonds. The van der Waals surface area contributed by atoms with E-state index in [1.165, 1.54) is 34.9 Å². The zero-order chi connectivity index (χ0) is 30.0. The Balaban J connectivity index is 0.000000327. The maximum Gasteiger partial charge on any atom is 0.272 e. The van der Waals surface area contributed by atoms with Gasteiger partial charge in [-0.15, -0.1) is 11.3 Å². The Morgan fingerprint density at radius 1 is 1.12 bits per heavy atom. The highest BCUT2D eigenvalue weighted by Crippen LogP contribution is 2.42. The number of ether oxygens (including phenoxy) is 1. The number of rotatable bonds is 12. The van der Waals surface area contributed by atoms with Gasteiger partial charge in [0.1, 0.15) is 16.9 Å². The largest absolute Gasteiger partial charge is 0.376 e. The lowest BCUT2D eigenvalue weighted by atomic mass is 10.0. The predicted octanol–water partition coefficient (Wildman–Crippen LogP) is 5.72. The van der Waals surface area contributed by atoms with Gasteiger partial charge in [-0.05, 0) is 70.6 Å². The van der Waals surface area contributed by atoms with Gasteiger partial charge < -0.3 is 15.4 Å². The zero-order valence-electron chi connectivity index (χ0n) is 24.8. The normalized spacial score (nSPS) is 15.4. The summed E-state index contributed by atoms with van der Waals surface area (Å²) in [5.41, 5.74) is 1.84. The monoisotopic (exact) mass is 579 g/mol. The van der Waals surface area contributed by atoms with Gasteiger partial charge in [-0.1, -0.05) is 33.3 Å². The number of carbonyl (C=O) groups is 2. The summed E-state index contributed by atoms with van der Waals surface area (Å²) in [5.74, 6) is -0.0768. The van der Waals surface area contributed by atoms with Gasteiger partial charge in [-0.2, -0.15) is 10.4 Å². The molecule has 0 bridgehead atoms. The van der Waals surface area contributed by atoms with E-state index in [-0.39, 0.29) is 12.2 Å². The Kier molecular flexibility index (Phi) is 11.6. The number of pyridine rings is 1. The molecule has 220 valence electrons. The molecule has 0 aliphatic heterocycles. The molecule has 3 aromatic rings. The molecule has 3 atom stereocenters. The standard InChI is InChI=1S/C19H17N7O2S.C11H24O/c1-12-3-2-4-13(22-12)15-10-29-18(23-15)24-16(27)9-21-17(28)14-5-8-26(25-14)19(11-20)6-7-19;1-6-9(3)8-11(5)12-10(4)7-2/h2-5,8,10H,6-7,9H2,1H3,(H,21,28)(H,23,24,27);9-11H,6-8H2,1-5H3. The molecule has 3 heterocycles. The molecule has 1 aliphatic carbocycles. The Morgan fingerprint density at radius 3 is 2.51 bits per heavy atom. The minimum Gasteiger partial charge on any atom is -0.376 e. The molecule has 2 N–H and O–H groups in total. The summed E-state index contributed by atoms with van der Waals surface area (Å²) in [4.78, 5) is 33.1. The summed E-state index contributed by atoms with van der Waals surface area (Å²) in [6.45, 7) is 12.7. The van der Waals surface area contributed by atoms with Crippen LogP contribution in [0.15, 0.2) is 35.8 Å². The number of nitrogens with zero attached hydrogens (tertiary/aromatic N) is 5. The maximum absolute atomic E-state index is 12.2. The van der Waals surface area contributed by atoms with Gasteiger partial charge >= 0.3 is 0 Å². The third-order valence-electron chi connectivity index (χ3n) is 6.97. The summed E-state index contributed by atoms with van der Waals surface area (Å²) in [7, 11) is 0. The average molecular weight is 580 g/mol. The number of hydrogen-bond donors (Lipinski definition) is 2. The van der Waals surface area contributed by atoms with Crippen molar-refractivity contribution in [1.29, 1.82) is 5.26 Å². The van der Waals surface area contributed by atoms with Crippen LogP contribution in [0.3, 0.4) is 0 Å². The number of nitriles is 1. The van der Waals surface area contributed by atoms with Crippen molar-refractivity contribution in [2.75, 3.05) is 11.9 Å². The molecule has 1 saturated carbocycles. The Morgan fingerprint density at radius 2 is 1.88 bits per heavy atom. The molecule has 3 aromatic heterocycles. The number of aromatic nitrogens is 4. The Bertz CT molecular complexity index is 1330. The third kappa shape index (κ3) is 9.47. The Labute approximate surface area is 246 Å². The van der Waals surface area contributed by atoms with Crippen LogP contribution in [0.2, 0.25) is 0 Å². The molecule has 3 unspecified atom stereocenters. The van der Waals surface area contributed by atoms with Crippen LogP contribution in [0.25, 0.3) is 11.4 Å². The first-order valence-corrected chi connectivity index (χ1v) is 15.1. The van der Waals surface area contributed by atoms with Crippen LogP contribution in [0.1, 0.15) is 82.9 Å². The van der Waals surface area contributed by atoms with Crippen LogP contribution in [0.4, 0.5) is 5.13 Å². The lowest BCUT2D eigenvalue weighted by Gasteiger charge is -2.20. The fourth-order valence-corrected chi connectivity index (χ4v) is 4.75. The molecular formula is C30H41N7O3S. The average Bonchev–Trinajstić information content (AvgIpc) is 3.34. The third-order valence-corrected chi connectivity index (χ3v) is 7.73. The number of amides is 2. The first kappa shape index (κ1) is 31.9. The summed E-state index contributed by atoms with van der Waals surface area (Å²) in [6, 6.07) is 9.39. The van der Waals surface area contributed by atoms with Crippen LogP contribution in [-0.4, -0.2) is 50.3 Å². The van der Waals surface area contributed by atoms with Crippen LogP contribution in [0, 0.1) is 24.2 Å². The number of anilines is 1. The second kappa shape index (κ2) is 14.8. The lowest BCUT2D eigenvalue weighted by Crippen LogP contribution is -2.33. The quantitative estimate of drug-likeness (QED) is 0.280. The van der Waals surface area contributed by atoms with E-state index >= 15 is 0 Å². The molecular weight excluding hydrogens is 538 g/mol. The van der Waals surface area contributed by atoms with Crippen molar-refractivity contribution in [3.05, 3.63) is 47.2 Å². The SMILES string of the molecule is CCC(C)CC(C)OC(C)CC.Cc1cccc(-c2csc(NC(=O)CNC(=O)c3ccn(C4(C#N)CC4)n3)n2)n1. The van der Waals surface area contributed by atoms with E-state index in [1.54, 1.807) is 6.20 Å². The predicted molar refractivity (Wildman–Crippen MR) is 160 cm³/mol. The molecule has 0 aromatic carbocycles. The van der Waals surface area contributed by atoms with Gasteiger partial charge in [0.15, 0.2) is 5.13 Å². The molecule has 11 heteroatoms. The number of aryl methyl sites for hydroxylation is 1. The van der Waals surface area contributed by atoms with E-state index in [2.05, 4.69) is 66.4 Å². The minimum absolute atomic E-state index is 0.168. The van der Waals surface area contributed by atoms with E-state index in [0.717, 1.165) is 36.6 Å². The van der Waals surface area contributed by atoms with Gasteiger partial charge in [0.05, 0.1) is 30.5 Å². The fraction of sp³-hybridized carbons (Fsp3) is 0.533. The topological polar surface area (TPSA) is 135 Å². The van der Waals surface area contributed by atoms with E-state index in [1.807, 2.05) is 30.5 Å². The number of thiazole rings is 1. The lowest BCUT2D eigenvalue weighted by molar-refractivity contribution is -0.115. The van der Waals surface area contributed by atoms with Gasteiger partial charge in [-0.25, -0.2) is 4.98 Å². The molecule has 10 nitrogen and oxygen atoms in total. The van der Waals surface area contributed by atoms with Crippen molar-refractivity contribution in [2.45, 2.75) is 91.4 Å². The van der Waals surface area contributed by atoms with Gasteiger partial charge in [0, 0.05) is 17.3 Å². The van der Waals surface area contributed by atoms with Crippen LogP contribution < -0.4 is 10.6 Å². The highest BCUT2D eigenvalue weighted by molar-refractivity contribution is 7.14. The van der Waals surface area contributed by atoms with Crippen molar-refractivity contribution < 1.29 is 14.3 Å². The molecule has 41 heavy (non-hydrogen) atoms. The summed E-state index contributed by atoms with van der Waals surface area (Å²) < 4.78 is 7.28. The molecule has 0 saturated heterocycles. The van der Waals surface area contributed by atoms with E-state index in [9.17, 15) is 14.9 Å². The first-order chi connectivity index (χ1) is 19.6. The van der Waals surface area contributed by atoms with Crippen molar-refractivity contribution in [2.24, 2.45) is 5.92 Å². The maximum atomic E-state index is 12.2. The molecule has 1 fully saturated rings. The fourth-order valence-electron chi connectivity index (χ4n) is 4.02. The van der Waals surface area contributed by atoms with Crippen molar-refractivity contribution >= 4 is 28.3 Å². The summed E-state index contributed by atoms with van der Waals surface area (Å²) >= 11 is 1.28. The molecule has 0 spiro atoms. The smallest absolute Gasteiger partial charge is 0.272 e. The zero-order valence-corrected chi connectivity index (χ0v) is 25.6. The number of carbonyl (C=O) groups excluding carboxylic acids is 2. The first-order valence-electron chi connectivity index (χ1n) is 14.2. The summed E-state index contributed by atoms with van der Waals surface area (Å²) in [5, 5.41) is 20.8. The van der Waals surface area contributed by atoms with Crippen molar-refractivity contribution in [3.63, 3.8) is 0 Å².